The van der Waals surface area contributed by atoms with Crippen LogP contribution in [-0.2, 0) is 14.2 Å². The normalized spacial score (nSPS) is 35.7. The summed E-state index contributed by atoms with van der Waals surface area (Å²) < 4.78 is 16.4. The molecule has 0 bridgehead atoms. The van der Waals surface area contributed by atoms with Crippen molar-refractivity contribution < 1.29 is 60.2 Å². The SMILES string of the molecule is CCCCCCCCCCCCC/C=C/[C@@H](O)[C@@H](N)C(O)C1O[C@H](CO)[C@@H](O[C@@H]2O[C@H](CO)[C@H](O)[C@H](O)[C@H]2O)[C@H](O)[C@H]1O. The fourth-order valence-corrected chi connectivity index (χ4v) is 5.61. The van der Waals surface area contributed by atoms with Crippen molar-refractivity contribution in [2.45, 2.75) is 163 Å². The molecule has 2 rings (SSSR count). The Bertz CT molecular complexity index is 759. The number of allylic oxidation sites excluding steroid dienone is 1. The Hall–Kier alpha value is -0.780. The van der Waals surface area contributed by atoms with Crippen LogP contribution >= 0.6 is 0 Å². The van der Waals surface area contributed by atoms with E-state index in [9.17, 15) is 46.0 Å². The van der Waals surface area contributed by atoms with Gasteiger partial charge in [-0.15, -0.1) is 0 Å². The molecule has 0 spiro atoms. The molecule has 43 heavy (non-hydrogen) atoms. The summed E-state index contributed by atoms with van der Waals surface area (Å²) in [6.07, 6.45) is -1.40. The van der Waals surface area contributed by atoms with Crippen LogP contribution in [0.3, 0.4) is 0 Å². The quantitative estimate of drug-likeness (QED) is 0.0577. The first-order chi connectivity index (χ1) is 20.6. The molecule has 2 aliphatic heterocycles. The molecule has 0 aromatic heterocycles. The molecule has 2 fully saturated rings. The van der Waals surface area contributed by atoms with E-state index in [1.807, 2.05) is 0 Å². The molecule has 0 aromatic carbocycles. The zero-order valence-electron chi connectivity index (χ0n) is 25.4. The highest BCUT2D eigenvalue weighted by Crippen LogP contribution is 2.30. The van der Waals surface area contributed by atoms with Gasteiger partial charge in [-0.3, -0.25) is 0 Å². The van der Waals surface area contributed by atoms with E-state index in [0.29, 0.717) is 0 Å². The maximum atomic E-state index is 10.8. The highest BCUT2D eigenvalue weighted by atomic mass is 16.7. The minimum absolute atomic E-state index is 0.706. The Kier molecular flexibility index (Phi) is 18.2. The molecule has 254 valence electrons. The number of hydrogen-bond donors (Lipinski definition) is 10. The van der Waals surface area contributed by atoms with Crippen molar-refractivity contribution in [3.05, 3.63) is 12.2 Å². The standard InChI is InChI=1S/C30H57NO12/c1-2-3-4-5-6-7-8-9-10-11-12-13-14-15-18(34)21(31)23(36)29-26(39)25(38)28(20(17-33)41-29)43-30-27(40)24(37)22(35)19(16-32)42-30/h14-15,18-30,32-40H,2-13,16-17,31H2,1H3/b15-14+/t18-,19-,20-,21-,22+,23?,24+,25-,26-,27-,28-,29?,30+/m1/s1. The minimum Gasteiger partial charge on any atom is -0.394 e. The predicted molar refractivity (Wildman–Crippen MR) is 157 cm³/mol. The Morgan fingerprint density at radius 2 is 1.26 bits per heavy atom. The third kappa shape index (κ3) is 11.5. The lowest BCUT2D eigenvalue weighted by Crippen LogP contribution is -2.67. The summed E-state index contributed by atoms with van der Waals surface area (Å²) in [5.74, 6) is 0. The monoisotopic (exact) mass is 623 g/mol. The average molecular weight is 624 g/mol. The number of rotatable bonds is 20. The molecule has 0 aromatic rings. The van der Waals surface area contributed by atoms with Crippen LogP contribution in [-0.4, -0.2) is 139 Å². The molecular formula is C30H57NO12. The van der Waals surface area contributed by atoms with Gasteiger partial charge < -0.3 is 65.9 Å². The number of ether oxygens (including phenoxy) is 3. The molecule has 13 nitrogen and oxygen atoms in total. The molecule has 0 amide bonds. The Morgan fingerprint density at radius 3 is 1.81 bits per heavy atom. The third-order valence-electron chi connectivity index (χ3n) is 8.47. The van der Waals surface area contributed by atoms with E-state index in [2.05, 4.69) is 6.92 Å². The van der Waals surface area contributed by atoms with Crippen LogP contribution in [0, 0.1) is 0 Å². The van der Waals surface area contributed by atoms with Gasteiger partial charge in [0.25, 0.3) is 0 Å². The molecule has 2 aliphatic rings. The maximum absolute atomic E-state index is 10.8. The van der Waals surface area contributed by atoms with Crippen LogP contribution in [0.5, 0.6) is 0 Å². The van der Waals surface area contributed by atoms with Crippen molar-refractivity contribution in [1.29, 1.82) is 0 Å². The lowest BCUT2D eigenvalue weighted by molar-refractivity contribution is -0.345. The first-order valence-corrected chi connectivity index (χ1v) is 16.0. The van der Waals surface area contributed by atoms with Crippen LogP contribution in [0.1, 0.15) is 84.0 Å². The van der Waals surface area contributed by atoms with Crippen LogP contribution in [0.4, 0.5) is 0 Å². The molecule has 0 radical (unpaired) electrons. The van der Waals surface area contributed by atoms with Crippen LogP contribution in [0.15, 0.2) is 12.2 Å². The zero-order valence-corrected chi connectivity index (χ0v) is 25.4. The van der Waals surface area contributed by atoms with Crippen molar-refractivity contribution in [2.75, 3.05) is 13.2 Å². The summed E-state index contributed by atoms with van der Waals surface area (Å²) in [7, 11) is 0. The highest BCUT2D eigenvalue weighted by Gasteiger charge is 2.52. The van der Waals surface area contributed by atoms with E-state index in [4.69, 9.17) is 19.9 Å². The Balaban J connectivity index is 1.80. The van der Waals surface area contributed by atoms with E-state index in [1.54, 1.807) is 6.08 Å². The van der Waals surface area contributed by atoms with Crippen molar-refractivity contribution in [2.24, 2.45) is 5.73 Å². The molecule has 13 heteroatoms. The van der Waals surface area contributed by atoms with Crippen LogP contribution in [0.25, 0.3) is 0 Å². The van der Waals surface area contributed by atoms with Gasteiger partial charge in [0.15, 0.2) is 6.29 Å². The number of aliphatic hydroxyl groups excluding tert-OH is 9. The van der Waals surface area contributed by atoms with Gasteiger partial charge in [-0.2, -0.15) is 0 Å². The molecule has 2 heterocycles. The number of aliphatic hydroxyl groups is 9. The van der Waals surface area contributed by atoms with Gasteiger partial charge in [-0.1, -0.05) is 83.3 Å². The lowest BCUT2D eigenvalue weighted by Gasteiger charge is -2.47. The van der Waals surface area contributed by atoms with Gasteiger partial charge in [0.05, 0.1) is 25.4 Å². The number of unbranched alkanes of at least 4 members (excludes halogenated alkanes) is 11. The number of nitrogens with two attached hydrogens (primary N) is 1. The van der Waals surface area contributed by atoms with E-state index >= 15 is 0 Å². The van der Waals surface area contributed by atoms with Crippen molar-refractivity contribution in [1.82, 2.24) is 0 Å². The number of hydrogen-bond acceptors (Lipinski definition) is 13. The summed E-state index contributed by atoms with van der Waals surface area (Å²) in [6.45, 7) is 0.771. The first kappa shape index (κ1) is 38.4. The fourth-order valence-electron chi connectivity index (χ4n) is 5.61. The molecule has 0 aliphatic carbocycles. The van der Waals surface area contributed by atoms with Gasteiger partial charge in [-0.25, -0.2) is 0 Å². The van der Waals surface area contributed by atoms with E-state index < -0.39 is 92.7 Å². The summed E-state index contributed by atoms with van der Waals surface area (Å²) in [5.41, 5.74) is 6.05. The topological polar surface area (TPSA) is 236 Å². The van der Waals surface area contributed by atoms with Gasteiger partial charge in [-0.05, 0) is 12.8 Å². The molecule has 13 atom stereocenters. The van der Waals surface area contributed by atoms with E-state index in [1.165, 1.54) is 57.4 Å². The van der Waals surface area contributed by atoms with Crippen molar-refractivity contribution in [3.8, 4) is 0 Å². The van der Waals surface area contributed by atoms with Crippen molar-refractivity contribution in [3.63, 3.8) is 0 Å². The molecule has 11 N–H and O–H groups in total. The summed E-state index contributed by atoms with van der Waals surface area (Å²) in [6, 6.07) is -1.29. The van der Waals surface area contributed by atoms with E-state index in [-0.39, 0.29) is 0 Å². The lowest BCUT2D eigenvalue weighted by atomic mass is 9.88. The van der Waals surface area contributed by atoms with E-state index in [0.717, 1.165) is 25.7 Å². The second-order valence-electron chi connectivity index (χ2n) is 11.9. The summed E-state index contributed by atoms with van der Waals surface area (Å²) >= 11 is 0. The highest BCUT2D eigenvalue weighted by molar-refractivity contribution is 5.03. The molecule has 0 saturated carbocycles. The average Bonchev–Trinajstić information content (AvgIpc) is 3.01. The van der Waals surface area contributed by atoms with Gasteiger partial charge >= 0.3 is 0 Å². The van der Waals surface area contributed by atoms with Gasteiger partial charge in [0.1, 0.15) is 61.0 Å². The zero-order chi connectivity index (χ0) is 31.9. The minimum atomic E-state index is -1.79. The van der Waals surface area contributed by atoms with Crippen LogP contribution < -0.4 is 5.73 Å². The van der Waals surface area contributed by atoms with Crippen LogP contribution in [0.2, 0.25) is 0 Å². The first-order valence-electron chi connectivity index (χ1n) is 16.0. The van der Waals surface area contributed by atoms with Crippen molar-refractivity contribution >= 4 is 0 Å². The Morgan fingerprint density at radius 1 is 0.698 bits per heavy atom. The Labute approximate surface area is 254 Å². The largest absolute Gasteiger partial charge is 0.394 e. The third-order valence-corrected chi connectivity index (χ3v) is 8.47. The predicted octanol–water partition coefficient (Wildman–Crippen LogP) is -1.04. The molecular weight excluding hydrogens is 566 g/mol. The van der Waals surface area contributed by atoms with Gasteiger partial charge in [0, 0.05) is 0 Å². The second-order valence-corrected chi connectivity index (χ2v) is 11.9. The summed E-state index contributed by atoms with van der Waals surface area (Å²) in [5, 5.41) is 92.3. The maximum Gasteiger partial charge on any atom is 0.187 e. The summed E-state index contributed by atoms with van der Waals surface area (Å²) in [4.78, 5) is 0. The smallest absolute Gasteiger partial charge is 0.187 e. The second kappa shape index (κ2) is 20.4. The molecule has 2 unspecified atom stereocenters. The molecule has 2 saturated heterocycles. The van der Waals surface area contributed by atoms with Gasteiger partial charge in [0.2, 0.25) is 0 Å². The fraction of sp³-hybridized carbons (Fsp3) is 0.933.